The number of fused-ring (bicyclic) bond motifs is 1. The fraction of sp³-hybridized carbons (Fsp3) is 0.526. The van der Waals surface area contributed by atoms with Gasteiger partial charge in [-0.05, 0) is 0 Å². The van der Waals surface area contributed by atoms with E-state index in [1.165, 1.54) is 23.8 Å². The quantitative estimate of drug-likeness (QED) is 0.212. The molecule has 1 aromatic heterocycles. The van der Waals surface area contributed by atoms with Crippen LogP contribution in [-0.2, 0) is 19.2 Å². The van der Waals surface area contributed by atoms with E-state index in [2.05, 4.69) is 22.5 Å². The number of aliphatic carboxylic acids is 1. The number of thioether (sulfide) groups is 1. The van der Waals surface area contributed by atoms with Gasteiger partial charge in [0.15, 0.2) is 10.8 Å². The number of anilines is 1. The third kappa shape index (κ3) is 4.07. The second kappa shape index (κ2) is 8.71. The summed E-state index contributed by atoms with van der Waals surface area (Å²) in [5, 5.41) is 19.6. The van der Waals surface area contributed by atoms with Gasteiger partial charge in [0, 0.05) is 29.5 Å². The molecule has 1 unspecified atom stereocenters. The minimum atomic E-state index is -1.37. The van der Waals surface area contributed by atoms with Crippen LogP contribution in [-0.4, -0.2) is 88.8 Å². The largest absolute Gasteiger partial charge is 0.543 e. The van der Waals surface area contributed by atoms with Crippen LogP contribution < -0.4 is 16.2 Å². The number of oxime groups is 1. The number of nitrogens with zero attached hydrogens (tertiary/aromatic N) is 4. The number of carboxylic acid groups (broad SMARTS) is 1. The van der Waals surface area contributed by atoms with Gasteiger partial charge in [0.05, 0.1) is 31.8 Å². The predicted molar refractivity (Wildman–Crippen MR) is 117 cm³/mol. The number of carbonyl (C=O) groups is 3. The average Bonchev–Trinajstić information content (AvgIpc) is 3.37. The molecule has 2 atom stereocenters. The highest BCUT2D eigenvalue weighted by atomic mass is 32.2. The molecule has 3 aliphatic rings. The van der Waals surface area contributed by atoms with Crippen molar-refractivity contribution in [3.63, 3.8) is 0 Å². The van der Waals surface area contributed by atoms with Crippen molar-refractivity contribution >= 4 is 51.7 Å². The Bertz CT molecular complexity index is 1020. The van der Waals surface area contributed by atoms with Gasteiger partial charge in [-0.25, -0.2) is 4.98 Å². The molecule has 3 aliphatic heterocycles. The maximum absolute atomic E-state index is 12.9. The van der Waals surface area contributed by atoms with Gasteiger partial charge in [0.2, 0.25) is 0 Å². The van der Waals surface area contributed by atoms with E-state index < -0.39 is 29.2 Å². The number of quaternary nitrogens is 1. The zero-order valence-corrected chi connectivity index (χ0v) is 19.3. The number of hydrogen-bond acceptors (Lipinski definition) is 10. The van der Waals surface area contributed by atoms with Gasteiger partial charge in [0.25, 0.3) is 11.8 Å². The number of aromatic nitrogens is 1. The van der Waals surface area contributed by atoms with Crippen LogP contribution in [0.25, 0.3) is 0 Å². The lowest BCUT2D eigenvalue weighted by atomic mass is 10.0. The van der Waals surface area contributed by atoms with Gasteiger partial charge in [-0.15, -0.1) is 23.1 Å². The number of carboxylic acids is 1. The lowest BCUT2D eigenvalue weighted by molar-refractivity contribution is -0.893. The molecule has 2 saturated heterocycles. The number of likely N-dealkylation sites (N-methyl/N-ethyl adjacent to an activating group) is 1. The Morgan fingerprint density at radius 3 is 2.75 bits per heavy atom. The van der Waals surface area contributed by atoms with E-state index in [9.17, 15) is 19.5 Å². The first-order valence-corrected chi connectivity index (χ1v) is 12.0. The van der Waals surface area contributed by atoms with Crippen molar-refractivity contribution in [1.29, 1.82) is 0 Å². The number of β-lactam (4-membered cyclic amide) rings is 1. The van der Waals surface area contributed by atoms with Crippen molar-refractivity contribution < 1.29 is 28.8 Å². The molecule has 0 radical (unpaired) electrons. The molecule has 0 aliphatic carbocycles. The fourth-order valence-electron chi connectivity index (χ4n) is 4.41. The first kappa shape index (κ1) is 22.6. The molecule has 172 valence electrons. The first-order chi connectivity index (χ1) is 15.2. The summed E-state index contributed by atoms with van der Waals surface area (Å²) in [6, 6.07) is -0.891. The number of nitrogens with one attached hydrogen (secondary N) is 1. The molecule has 1 aromatic rings. The molecule has 4 heterocycles. The standard InChI is InChI=1S/C19H24N6O5S2/c1-25(5-3-4-6-25)7-10-8-31-17-13(16(27)24(17)14(10)18(28)29)22-15(26)12(23-30-2)11-9-32-19(20)21-11/h9,13,17H,3-8H2,1-2H3,(H3-,20,21,22,26,28,29)/b23-12-/t13?,17-/m1/s1. The van der Waals surface area contributed by atoms with Gasteiger partial charge in [-0.3, -0.25) is 14.5 Å². The minimum absolute atomic E-state index is 0.0615. The molecule has 3 N–H and O–H groups in total. The number of carbonyl (C=O) groups excluding carboxylic acids is 3. The van der Waals surface area contributed by atoms with Crippen molar-refractivity contribution in [2.24, 2.45) is 5.16 Å². The number of nitrogen functional groups attached to an aromatic ring is 1. The van der Waals surface area contributed by atoms with E-state index in [4.69, 9.17) is 10.6 Å². The Balaban J connectivity index is 1.52. The lowest BCUT2D eigenvalue weighted by Gasteiger charge is -2.51. The smallest absolute Gasteiger partial charge is 0.276 e. The molecule has 0 saturated carbocycles. The van der Waals surface area contributed by atoms with E-state index in [0.717, 1.165) is 41.8 Å². The minimum Gasteiger partial charge on any atom is -0.543 e. The lowest BCUT2D eigenvalue weighted by Crippen LogP contribution is -2.71. The van der Waals surface area contributed by atoms with Crippen LogP contribution in [0.2, 0.25) is 0 Å². The van der Waals surface area contributed by atoms with Crippen LogP contribution in [0.5, 0.6) is 0 Å². The Labute approximate surface area is 192 Å². The summed E-state index contributed by atoms with van der Waals surface area (Å²) >= 11 is 2.57. The van der Waals surface area contributed by atoms with Crippen LogP contribution in [0, 0.1) is 0 Å². The Morgan fingerprint density at radius 2 is 2.16 bits per heavy atom. The van der Waals surface area contributed by atoms with E-state index >= 15 is 0 Å². The van der Waals surface area contributed by atoms with Crippen molar-refractivity contribution in [3.05, 3.63) is 22.3 Å². The van der Waals surface area contributed by atoms with Crippen LogP contribution in [0.1, 0.15) is 18.5 Å². The first-order valence-electron chi connectivity index (χ1n) is 10.1. The second-order valence-electron chi connectivity index (χ2n) is 8.23. The van der Waals surface area contributed by atoms with Crippen molar-refractivity contribution in [2.75, 3.05) is 45.3 Å². The van der Waals surface area contributed by atoms with E-state index in [-0.39, 0.29) is 22.2 Å². The molecule has 2 fully saturated rings. The summed E-state index contributed by atoms with van der Waals surface area (Å²) in [4.78, 5) is 47.7. The summed E-state index contributed by atoms with van der Waals surface area (Å²) in [6.45, 7) is 2.53. The number of thiazole rings is 1. The summed E-state index contributed by atoms with van der Waals surface area (Å²) < 4.78 is 0.757. The molecule has 4 rings (SSSR count). The van der Waals surface area contributed by atoms with Gasteiger partial charge < -0.3 is 30.3 Å². The number of likely N-dealkylation sites (tertiary alicyclic amines) is 1. The van der Waals surface area contributed by atoms with E-state index in [0.29, 0.717) is 17.9 Å². The zero-order chi connectivity index (χ0) is 23.0. The normalized spacial score (nSPS) is 24.8. The van der Waals surface area contributed by atoms with Crippen LogP contribution in [0.4, 0.5) is 5.13 Å². The Hall–Kier alpha value is -2.64. The van der Waals surface area contributed by atoms with Crippen LogP contribution in [0.3, 0.4) is 0 Å². The predicted octanol–water partition coefficient (Wildman–Crippen LogP) is -1.28. The van der Waals surface area contributed by atoms with Crippen molar-refractivity contribution in [2.45, 2.75) is 24.3 Å². The topological polar surface area (TPSA) is 150 Å². The number of rotatable bonds is 7. The third-order valence-electron chi connectivity index (χ3n) is 5.91. The van der Waals surface area contributed by atoms with E-state index in [1.807, 2.05) is 0 Å². The second-order valence-corrected chi connectivity index (χ2v) is 10.2. The SMILES string of the molecule is CO/N=C(\C(=O)NC1C(=O)N2C(C(=O)[O-])=C(C[N+]3(C)CCCC3)CS[C@H]12)c1csc(N)n1. The molecular formula is C19H24N6O5S2. The third-order valence-corrected chi connectivity index (χ3v) is 7.92. The highest BCUT2D eigenvalue weighted by Crippen LogP contribution is 2.41. The summed E-state index contributed by atoms with van der Waals surface area (Å²) in [5.41, 5.74) is 6.39. The Kier molecular flexibility index (Phi) is 6.14. The molecule has 2 amide bonds. The van der Waals surface area contributed by atoms with Gasteiger partial charge in [-0.1, -0.05) is 5.16 Å². The van der Waals surface area contributed by atoms with Gasteiger partial charge >= 0.3 is 0 Å². The van der Waals surface area contributed by atoms with Crippen molar-refractivity contribution in [1.82, 2.24) is 15.2 Å². The fourth-order valence-corrected chi connectivity index (χ4v) is 6.30. The summed E-state index contributed by atoms with van der Waals surface area (Å²) in [5.74, 6) is -2.06. The highest BCUT2D eigenvalue weighted by molar-refractivity contribution is 8.00. The van der Waals surface area contributed by atoms with Crippen molar-refractivity contribution in [3.8, 4) is 0 Å². The van der Waals surface area contributed by atoms with Gasteiger partial charge in [-0.2, -0.15) is 0 Å². The monoisotopic (exact) mass is 480 g/mol. The molecule has 0 bridgehead atoms. The number of amides is 2. The van der Waals surface area contributed by atoms with Crippen LogP contribution in [0.15, 0.2) is 21.8 Å². The number of hydrogen-bond donors (Lipinski definition) is 2. The molecule has 32 heavy (non-hydrogen) atoms. The number of nitrogens with two attached hydrogens (primary N) is 1. The maximum atomic E-state index is 12.9. The average molecular weight is 481 g/mol. The molecule has 11 nitrogen and oxygen atoms in total. The van der Waals surface area contributed by atoms with Gasteiger partial charge in [0.1, 0.15) is 30.8 Å². The zero-order valence-electron chi connectivity index (χ0n) is 17.7. The Morgan fingerprint density at radius 1 is 1.44 bits per heavy atom. The van der Waals surface area contributed by atoms with Crippen LogP contribution >= 0.6 is 23.1 Å². The van der Waals surface area contributed by atoms with E-state index in [1.54, 1.807) is 5.38 Å². The summed E-state index contributed by atoms with van der Waals surface area (Å²) in [6.07, 6.45) is 2.21. The molecule has 0 aromatic carbocycles. The highest BCUT2D eigenvalue weighted by Gasteiger charge is 2.53. The maximum Gasteiger partial charge on any atom is 0.276 e. The molecule has 0 spiro atoms. The molecular weight excluding hydrogens is 456 g/mol. The summed E-state index contributed by atoms with van der Waals surface area (Å²) in [7, 11) is 3.39. The molecule has 13 heteroatoms.